The minimum absolute atomic E-state index is 0.0364. The Morgan fingerprint density at radius 1 is 0.901 bits per heavy atom. The molecule has 1 aliphatic rings. The lowest BCUT2D eigenvalue weighted by atomic mass is 9.90. The summed E-state index contributed by atoms with van der Waals surface area (Å²) in [6.45, 7) is 9.41. The number of carbonyl (C=O) groups excluding carboxylic acids is 5. The van der Waals surface area contributed by atoms with Crippen LogP contribution < -0.4 is 32.3 Å². The van der Waals surface area contributed by atoms with Gasteiger partial charge in [-0.15, -0.1) is 6.42 Å². The molecule has 4 aromatic carbocycles. The smallest absolute Gasteiger partial charge is 0.312 e. The molecule has 18 nitrogen and oxygen atoms in total. The lowest BCUT2D eigenvalue weighted by molar-refractivity contribution is -0.128. The van der Waals surface area contributed by atoms with Crippen LogP contribution in [0.25, 0.3) is 11.3 Å². The summed E-state index contributed by atoms with van der Waals surface area (Å²) in [4.78, 5) is 74.0. The molecule has 0 saturated heterocycles. The summed E-state index contributed by atoms with van der Waals surface area (Å²) in [5.74, 6) is 0.924. The summed E-state index contributed by atoms with van der Waals surface area (Å²) < 4.78 is 9.42. The van der Waals surface area contributed by atoms with Crippen molar-refractivity contribution in [1.82, 2.24) is 29.6 Å². The number of hydrogen-bond acceptors (Lipinski definition) is 10. The van der Waals surface area contributed by atoms with Crippen LogP contribution in [0.3, 0.4) is 0 Å². The maximum absolute atomic E-state index is 15.3. The third kappa shape index (κ3) is 14.5. The Morgan fingerprint density at radius 2 is 1.63 bits per heavy atom. The molecule has 3 heterocycles. The van der Waals surface area contributed by atoms with Crippen molar-refractivity contribution in [3.8, 4) is 35.4 Å². The normalized spacial score (nSPS) is 13.7. The second-order valence-corrected chi connectivity index (χ2v) is 21.4. The van der Waals surface area contributed by atoms with Crippen LogP contribution in [0.2, 0.25) is 5.02 Å². The lowest BCUT2D eigenvalue weighted by Crippen LogP contribution is -2.51. The zero-order valence-corrected chi connectivity index (χ0v) is 47.8. The number of anilines is 3. The van der Waals surface area contributed by atoms with Gasteiger partial charge in [-0.05, 0) is 154 Å². The Bertz CT molecular complexity index is 3370. The molecule has 0 bridgehead atoms. The summed E-state index contributed by atoms with van der Waals surface area (Å²) in [6, 6.07) is 28.3. The van der Waals surface area contributed by atoms with E-state index in [9.17, 15) is 24.8 Å². The van der Waals surface area contributed by atoms with Crippen molar-refractivity contribution in [2.75, 3.05) is 37.0 Å². The topological polar surface area (TPSA) is 246 Å². The highest BCUT2D eigenvalue weighted by Gasteiger charge is 2.34. The largest absolute Gasteiger partial charge is 0.508 e. The number of fused-ring (bicyclic) bond motifs is 1. The molecule has 1 aliphatic heterocycles. The van der Waals surface area contributed by atoms with E-state index < -0.39 is 29.9 Å². The molecule has 0 radical (unpaired) electrons. The van der Waals surface area contributed by atoms with Gasteiger partial charge in [-0.3, -0.25) is 24.1 Å². The first-order valence-corrected chi connectivity index (χ1v) is 27.3. The summed E-state index contributed by atoms with van der Waals surface area (Å²) in [5.41, 5.74) is 20.5. The first-order chi connectivity index (χ1) is 38.7. The summed E-state index contributed by atoms with van der Waals surface area (Å²) in [5, 5.41) is 28.8. The van der Waals surface area contributed by atoms with Gasteiger partial charge in [0.1, 0.15) is 30.2 Å². The third-order valence-corrected chi connectivity index (χ3v) is 15.3. The van der Waals surface area contributed by atoms with Gasteiger partial charge in [-0.2, -0.15) is 5.26 Å². The molecule has 424 valence electrons. The quantitative estimate of drug-likeness (QED) is 0.0264. The number of carbonyl (C=O) groups is 5. The van der Waals surface area contributed by atoms with E-state index >= 15 is 9.59 Å². The number of ether oxygens (including phenoxy) is 1. The standard InChI is InChI=1S/C62H72ClN11O7/c1-9-28-81-37-44-29-46(68-58(76)54(17-12-26-67-62(66)80)69-59(77)57(65)38(2)3)20-18-43(44)35-70(6)27-13-16-48-30-41-14-10-11-15-42(41)36-73(48)60(78)51-25-19-45(63)31-53(51)56-33-52(39(4)72(56)8)61(79)74(47-21-23-50(75)24-22-47)55-32-49(34-64)71(7)40(55)5/h1,10-11,14-15,18-25,29,31-33,38,48,54,57,75H,12-13,16-17,26-28,30,35-37,65H2,2-8H3,(H,68,76)(H,69,77)(H3,66,67,80)/t48-,54+,57+/m1/s1. The molecular formula is C62H72ClN11O7. The van der Waals surface area contributed by atoms with Crippen LogP contribution in [0.5, 0.6) is 5.75 Å². The van der Waals surface area contributed by atoms with Gasteiger partial charge in [-0.25, -0.2) is 4.79 Å². The molecule has 81 heavy (non-hydrogen) atoms. The van der Waals surface area contributed by atoms with Crippen molar-refractivity contribution in [1.29, 1.82) is 5.26 Å². The van der Waals surface area contributed by atoms with E-state index in [1.807, 2.05) is 75.5 Å². The zero-order valence-electron chi connectivity index (χ0n) is 47.0. The Hall–Kier alpha value is -8.39. The molecule has 8 N–H and O–H groups in total. The predicted octanol–water partition coefficient (Wildman–Crippen LogP) is 8.34. The van der Waals surface area contributed by atoms with Gasteiger partial charge in [0.2, 0.25) is 11.8 Å². The summed E-state index contributed by atoms with van der Waals surface area (Å²) >= 11 is 6.76. The monoisotopic (exact) mass is 1120 g/mol. The second-order valence-electron chi connectivity index (χ2n) is 21.0. The van der Waals surface area contributed by atoms with Crippen molar-refractivity contribution in [3.05, 3.63) is 153 Å². The van der Waals surface area contributed by atoms with Crippen molar-refractivity contribution < 1.29 is 33.8 Å². The number of aromatic hydroxyl groups is 1. The molecular weight excluding hydrogens is 1050 g/mol. The number of nitrogens with one attached hydrogen (secondary N) is 3. The average molecular weight is 1120 g/mol. The number of nitrogens with two attached hydrogens (primary N) is 2. The van der Waals surface area contributed by atoms with Gasteiger partial charge in [0.25, 0.3) is 11.8 Å². The number of rotatable bonds is 23. The SMILES string of the molecule is C#CCOCc1cc(NC(=O)[C@H](CCCNC(N)=O)NC(=O)[C@@H](N)C(C)C)ccc1CN(C)CCC[C@@H]1Cc2ccccc2CN1C(=O)c1ccc(Cl)cc1-c1cc(C(=O)N(c2ccc(O)cc2)c2cc(C#N)n(C)c2C)c(C)n1C. The number of phenols is 1. The minimum atomic E-state index is -0.943. The highest BCUT2D eigenvalue weighted by molar-refractivity contribution is 6.31. The highest BCUT2D eigenvalue weighted by Crippen LogP contribution is 2.38. The number of nitrogens with zero attached hydrogens (tertiary/aromatic N) is 6. The Kier molecular flexibility index (Phi) is 20.2. The van der Waals surface area contributed by atoms with E-state index in [4.69, 9.17) is 34.2 Å². The summed E-state index contributed by atoms with van der Waals surface area (Å²) in [7, 11) is 5.64. The first kappa shape index (κ1) is 60.3. The molecule has 7 rings (SSSR count). The van der Waals surface area contributed by atoms with E-state index in [2.05, 4.69) is 45.0 Å². The maximum atomic E-state index is 15.3. The molecule has 0 spiro atoms. The van der Waals surface area contributed by atoms with Crippen LogP contribution in [0.4, 0.5) is 21.9 Å². The van der Waals surface area contributed by atoms with Gasteiger partial charge >= 0.3 is 6.03 Å². The fourth-order valence-electron chi connectivity index (χ4n) is 10.2. The van der Waals surface area contributed by atoms with E-state index in [1.165, 1.54) is 22.6 Å². The number of terminal acetylenes is 1. The van der Waals surface area contributed by atoms with E-state index in [0.29, 0.717) is 100 Å². The zero-order chi connectivity index (χ0) is 58.7. The number of nitriles is 1. The second kappa shape index (κ2) is 27.2. The Morgan fingerprint density at radius 3 is 2.31 bits per heavy atom. The Labute approximate surface area is 479 Å². The number of primary amides is 1. The van der Waals surface area contributed by atoms with Crippen molar-refractivity contribution in [3.63, 3.8) is 0 Å². The number of aromatic nitrogens is 2. The Balaban J connectivity index is 1.10. The third-order valence-electron chi connectivity index (χ3n) is 15.1. The molecule has 6 amide bonds. The fourth-order valence-corrected chi connectivity index (χ4v) is 10.4. The number of amides is 6. The van der Waals surface area contributed by atoms with Crippen molar-refractivity contribution >= 4 is 58.3 Å². The van der Waals surface area contributed by atoms with Crippen LogP contribution in [0, 0.1) is 43.4 Å². The van der Waals surface area contributed by atoms with E-state index in [1.54, 1.807) is 60.1 Å². The van der Waals surface area contributed by atoms with Crippen molar-refractivity contribution in [2.24, 2.45) is 31.5 Å². The molecule has 6 aromatic rings. The predicted molar refractivity (Wildman–Crippen MR) is 315 cm³/mol. The highest BCUT2D eigenvalue weighted by atomic mass is 35.5. The maximum Gasteiger partial charge on any atom is 0.312 e. The van der Waals surface area contributed by atoms with Crippen LogP contribution in [-0.2, 0) is 54.5 Å². The number of phenolic OH excluding ortho intramolecular Hbond substituents is 1. The van der Waals surface area contributed by atoms with Gasteiger partial charge in [-0.1, -0.05) is 61.7 Å². The van der Waals surface area contributed by atoms with Gasteiger partial charge in [0.05, 0.1) is 23.9 Å². The lowest BCUT2D eigenvalue weighted by Gasteiger charge is -2.38. The fraction of sp³-hybridized carbons (Fsp3) is 0.355. The van der Waals surface area contributed by atoms with Gasteiger partial charge in [0.15, 0.2) is 0 Å². The molecule has 3 atom stereocenters. The number of urea groups is 1. The summed E-state index contributed by atoms with van der Waals surface area (Å²) in [6.07, 6.45) is 8.22. The molecule has 19 heteroatoms. The molecule has 0 saturated carbocycles. The molecule has 0 fully saturated rings. The number of halogens is 1. The van der Waals surface area contributed by atoms with Gasteiger partial charge in [0, 0.05) is 84.4 Å². The van der Waals surface area contributed by atoms with E-state index in [0.717, 1.165) is 23.1 Å². The molecule has 0 aliphatic carbocycles. The van der Waals surface area contributed by atoms with Crippen LogP contribution in [-0.4, -0.2) is 98.6 Å². The van der Waals surface area contributed by atoms with Crippen LogP contribution in [0.15, 0.2) is 97.1 Å². The van der Waals surface area contributed by atoms with Crippen LogP contribution in [0.1, 0.15) is 99.6 Å². The van der Waals surface area contributed by atoms with Crippen molar-refractivity contribution in [2.45, 2.75) is 97.6 Å². The molecule has 2 aromatic heterocycles. The number of hydrogen-bond donors (Lipinski definition) is 6. The average Bonchev–Trinajstić information content (AvgIpc) is 3.99. The first-order valence-electron chi connectivity index (χ1n) is 27.0. The number of benzene rings is 4. The molecule has 0 unspecified atom stereocenters. The van der Waals surface area contributed by atoms with E-state index in [-0.39, 0.29) is 55.7 Å². The van der Waals surface area contributed by atoms with Crippen LogP contribution >= 0.6 is 11.6 Å². The van der Waals surface area contributed by atoms with Gasteiger partial charge < -0.3 is 56.2 Å². The minimum Gasteiger partial charge on any atom is -0.508 e.